The second kappa shape index (κ2) is 7.24. The Balaban J connectivity index is 2.34. The van der Waals surface area contributed by atoms with Crippen LogP contribution in [0, 0.1) is 0 Å². The number of hydrogen-bond donors (Lipinski definition) is 2. The van der Waals surface area contributed by atoms with Crippen LogP contribution in [0.15, 0.2) is 24.3 Å². The summed E-state index contributed by atoms with van der Waals surface area (Å²) in [5.41, 5.74) is 2.16. The zero-order chi connectivity index (χ0) is 13.5. The molecule has 1 aromatic carbocycles. The summed E-state index contributed by atoms with van der Waals surface area (Å²) in [5, 5.41) is 12.9. The van der Waals surface area contributed by atoms with Crippen LogP contribution in [0.1, 0.15) is 13.8 Å². The van der Waals surface area contributed by atoms with E-state index < -0.39 is 6.10 Å². The molecule has 2 N–H and O–H groups in total. The van der Waals surface area contributed by atoms with Crippen LogP contribution in [-0.2, 0) is 4.74 Å². The molecule has 0 heterocycles. The minimum Gasteiger partial charge on any atom is -0.389 e. The molecular weight excluding hydrogens is 228 g/mol. The van der Waals surface area contributed by atoms with Gasteiger partial charge in [0.15, 0.2) is 0 Å². The highest BCUT2D eigenvalue weighted by molar-refractivity contribution is 5.54. The molecule has 18 heavy (non-hydrogen) atoms. The number of benzene rings is 1. The number of ether oxygens (including phenoxy) is 1. The maximum atomic E-state index is 9.71. The number of aliphatic hydroxyl groups is 1. The van der Waals surface area contributed by atoms with Gasteiger partial charge in [0.1, 0.15) is 0 Å². The summed E-state index contributed by atoms with van der Waals surface area (Å²) in [4.78, 5) is 2.05. The summed E-state index contributed by atoms with van der Waals surface area (Å²) in [5.74, 6) is 0. The Bertz CT molecular complexity index is 336. The molecule has 0 aromatic heterocycles. The predicted molar refractivity (Wildman–Crippen MR) is 76.4 cm³/mol. The number of aliphatic hydroxyl groups excluding tert-OH is 1. The van der Waals surface area contributed by atoms with Crippen LogP contribution in [0.2, 0.25) is 0 Å². The molecule has 1 atom stereocenters. The zero-order valence-corrected chi connectivity index (χ0v) is 11.7. The molecule has 0 aliphatic rings. The molecule has 0 amide bonds. The number of rotatable bonds is 7. The van der Waals surface area contributed by atoms with Crippen molar-refractivity contribution in [3.8, 4) is 0 Å². The lowest BCUT2D eigenvalue weighted by atomic mass is 10.2. The molecule has 0 bridgehead atoms. The molecule has 4 heteroatoms. The van der Waals surface area contributed by atoms with Crippen molar-refractivity contribution in [2.24, 2.45) is 0 Å². The number of nitrogens with one attached hydrogen (secondary N) is 1. The first-order valence-electron chi connectivity index (χ1n) is 6.30. The summed E-state index contributed by atoms with van der Waals surface area (Å²) in [6, 6.07) is 8.09. The van der Waals surface area contributed by atoms with Crippen LogP contribution in [0.4, 0.5) is 11.4 Å². The van der Waals surface area contributed by atoms with Crippen molar-refractivity contribution in [2.45, 2.75) is 26.1 Å². The van der Waals surface area contributed by atoms with E-state index in [0.717, 1.165) is 11.4 Å². The van der Waals surface area contributed by atoms with Crippen molar-refractivity contribution in [3.05, 3.63) is 24.3 Å². The Morgan fingerprint density at radius 1 is 1.22 bits per heavy atom. The molecular formula is C14H24N2O2. The number of hydrogen-bond acceptors (Lipinski definition) is 4. The average molecular weight is 252 g/mol. The number of anilines is 2. The van der Waals surface area contributed by atoms with Gasteiger partial charge in [0.05, 0.1) is 18.8 Å². The maximum Gasteiger partial charge on any atom is 0.0945 e. The molecule has 0 radical (unpaired) electrons. The van der Waals surface area contributed by atoms with E-state index in [-0.39, 0.29) is 6.10 Å². The van der Waals surface area contributed by atoms with E-state index in [0.29, 0.717) is 13.2 Å². The van der Waals surface area contributed by atoms with Crippen molar-refractivity contribution >= 4 is 11.4 Å². The lowest BCUT2D eigenvalue weighted by Crippen LogP contribution is -2.26. The second-order valence-corrected chi connectivity index (χ2v) is 4.86. The van der Waals surface area contributed by atoms with E-state index in [1.807, 2.05) is 52.2 Å². The highest BCUT2D eigenvalue weighted by Gasteiger charge is 2.05. The molecule has 0 saturated heterocycles. The van der Waals surface area contributed by atoms with E-state index in [1.165, 1.54) is 0 Å². The van der Waals surface area contributed by atoms with Crippen molar-refractivity contribution < 1.29 is 9.84 Å². The molecule has 102 valence electrons. The fraction of sp³-hybridized carbons (Fsp3) is 0.571. The summed E-state index contributed by atoms with van der Waals surface area (Å²) >= 11 is 0. The highest BCUT2D eigenvalue weighted by Crippen LogP contribution is 2.15. The van der Waals surface area contributed by atoms with Gasteiger partial charge < -0.3 is 20.1 Å². The van der Waals surface area contributed by atoms with E-state index >= 15 is 0 Å². The summed E-state index contributed by atoms with van der Waals surface area (Å²) in [7, 11) is 4.02. The van der Waals surface area contributed by atoms with E-state index in [2.05, 4.69) is 10.2 Å². The van der Waals surface area contributed by atoms with E-state index in [1.54, 1.807) is 0 Å². The molecule has 0 aliphatic carbocycles. The predicted octanol–water partition coefficient (Wildman–Crippen LogP) is 1.95. The van der Waals surface area contributed by atoms with Gasteiger partial charge in [0.25, 0.3) is 0 Å². The minimum atomic E-state index is -0.485. The molecule has 0 aliphatic heterocycles. The van der Waals surface area contributed by atoms with E-state index in [4.69, 9.17) is 4.74 Å². The lowest BCUT2D eigenvalue weighted by Gasteiger charge is -2.16. The van der Waals surface area contributed by atoms with Gasteiger partial charge in [-0.1, -0.05) is 0 Å². The van der Waals surface area contributed by atoms with Gasteiger partial charge >= 0.3 is 0 Å². The van der Waals surface area contributed by atoms with Crippen molar-refractivity contribution in [2.75, 3.05) is 37.5 Å². The lowest BCUT2D eigenvalue weighted by molar-refractivity contribution is 0.0112. The Labute approximate surface area is 110 Å². The first-order chi connectivity index (χ1) is 8.49. The van der Waals surface area contributed by atoms with Gasteiger partial charge in [0.2, 0.25) is 0 Å². The summed E-state index contributed by atoms with van der Waals surface area (Å²) < 4.78 is 5.35. The Morgan fingerprint density at radius 3 is 2.33 bits per heavy atom. The van der Waals surface area contributed by atoms with Crippen molar-refractivity contribution in [1.82, 2.24) is 0 Å². The highest BCUT2D eigenvalue weighted by atomic mass is 16.5. The third-order valence-electron chi connectivity index (χ3n) is 2.55. The number of nitrogens with zero attached hydrogens (tertiary/aromatic N) is 1. The Hall–Kier alpha value is -1.26. The minimum absolute atomic E-state index is 0.152. The average Bonchev–Trinajstić information content (AvgIpc) is 2.34. The molecule has 0 spiro atoms. The van der Waals surface area contributed by atoms with Crippen molar-refractivity contribution in [1.29, 1.82) is 0 Å². The van der Waals surface area contributed by atoms with Crippen LogP contribution in [-0.4, -0.2) is 44.6 Å². The molecule has 0 fully saturated rings. The smallest absolute Gasteiger partial charge is 0.0945 e. The van der Waals surface area contributed by atoms with Gasteiger partial charge in [-0.25, -0.2) is 0 Å². The van der Waals surface area contributed by atoms with Crippen LogP contribution >= 0.6 is 0 Å². The van der Waals surface area contributed by atoms with E-state index in [9.17, 15) is 5.11 Å². The molecule has 4 nitrogen and oxygen atoms in total. The van der Waals surface area contributed by atoms with Crippen LogP contribution < -0.4 is 10.2 Å². The quantitative estimate of drug-likeness (QED) is 0.778. The summed E-state index contributed by atoms with van der Waals surface area (Å²) in [6.45, 7) is 4.77. The third kappa shape index (κ3) is 5.38. The topological polar surface area (TPSA) is 44.7 Å². The maximum absolute atomic E-state index is 9.71. The SMILES string of the molecule is CC(C)OCC(O)CNc1ccc(N(C)C)cc1. The normalized spacial score (nSPS) is 12.6. The van der Waals surface area contributed by atoms with Gasteiger partial charge in [-0.05, 0) is 38.1 Å². The first kappa shape index (κ1) is 14.8. The first-order valence-corrected chi connectivity index (χ1v) is 6.30. The molecule has 1 aromatic rings. The Morgan fingerprint density at radius 2 is 1.83 bits per heavy atom. The molecule has 0 saturated carbocycles. The Kier molecular flexibility index (Phi) is 5.95. The van der Waals surface area contributed by atoms with Gasteiger partial charge in [-0.2, -0.15) is 0 Å². The van der Waals surface area contributed by atoms with Crippen molar-refractivity contribution in [3.63, 3.8) is 0 Å². The van der Waals surface area contributed by atoms with Crippen LogP contribution in [0.5, 0.6) is 0 Å². The fourth-order valence-electron chi connectivity index (χ4n) is 1.48. The summed E-state index contributed by atoms with van der Waals surface area (Å²) in [6.07, 6.45) is -0.333. The zero-order valence-electron chi connectivity index (χ0n) is 11.7. The standard InChI is InChI=1S/C14H24N2O2/c1-11(2)18-10-14(17)9-15-12-5-7-13(8-6-12)16(3)4/h5-8,11,14-15,17H,9-10H2,1-4H3. The fourth-order valence-corrected chi connectivity index (χ4v) is 1.48. The van der Waals surface area contributed by atoms with Gasteiger partial charge in [-0.15, -0.1) is 0 Å². The monoisotopic (exact) mass is 252 g/mol. The largest absolute Gasteiger partial charge is 0.389 e. The molecule has 1 unspecified atom stereocenters. The molecule has 1 rings (SSSR count). The van der Waals surface area contributed by atoms with Gasteiger partial charge in [-0.3, -0.25) is 0 Å². The second-order valence-electron chi connectivity index (χ2n) is 4.86. The van der Waals surface area contributed by atoms with Gasteiger partial charge in [0, 0.05) is 32.0 Å². The van der Waals surface area contributed by atoms with Crippen LogP contribution in [0.3, 0.4) is 0 Å². The third-order valence-corrected chi connectivity index (χ3v) is 2.55. The van der Waals surface area contributed by atoms with Crippen LogP contribution in [0.25, 0.3) is 0 Å².